The molecule has 3 heterocycles. The molecule has 0 radical (unpaired) electrons. The van der Waals surface area contributed by atoms with Crippen molar-refractivity contribution in [2.45, 2.75) is 6.92 Å². The maximum absolute atomic E-state index is 12.4. The summed E-state index contributed by atoms with van der Waals surface area (Å²) in [6.45, 7) is 3.02. The third kappa shape index (κ3) is 2.14. The first-order chi connectivity index (χ1) is 9.60. The van der Waals surface area contributed by atoms with Crippen molar-refractivity contribution in [3.8, 4) is 0 Å². The molecule has 104 valence electrons. The topological polar surface area (TPSA) is 53.5 Å². The lowest BCUT2D eigenvalue weighted by Crippen LogP contribution is -2.30. The Bertz CT molecular complexity index is 700. The van der Waals surface area contributed by atoms with Crippen LogP contribution in [0.15, 0.2) is 18.5 Å². The van der Waals surface area contributed by atoms with Gasteiger partial charge < -0.3 is 9.80 Å². The molecule has 2 amide bonds. The van der Waals surface area contributed by atoms with Gasteiger partial charge in [-0.05, 0) is 13.0 Å². The SMILES string of the molecule is CCN1CN(C(=O)c2cc3c(Cl)cncc3s2)CC1=O. The third-order valence-corrected chi connectivity index (χ3v) is 4.66. The van der Waals surface area contributed by atoms with E-state index < -0.39 is 0 Å². The van der Waals surface area contributed by atoms with Crippen LogP contribution in [0.2, 0.25) is 5.02 Å². The molecule has 2 aromatic heterocycles. The predicted octanol–water partition coefficient (Wildman–Crippen LogP) is 2.21. The van der Waals surface area contributed by atoms with Gasteiger partial charge in [0, 0.05) is 24.3 Å². The number of carbonyl (C=O) groups is 2. The zero-order valence-corrected chi connectivity index (χ0v) is 12.4. The van der Waals surface area contributed by atoms with E-state index in [1.165, 1.54) is 11.3 Å². The molecule has 1 aliphatic rings. The minimum absolute atomic E-state index is 0.0124. The number of rotatable bonds is 2. The van der Waals surface area contributed by atoms with Gasteiger partial charge in [0.05, 0.1) is 21.3 Å². The van der Waals surface area contributed by atoms with E-state index in [1.54, 1.807) is 28.3 Å². The molecule has 1 fully saturated rings. The number of likely N-dealkylation sites (N-methyl/N-ethyl adjacent to an activating group) is 1. The standard InChI is InChI=1S/C13H12ClN3O2S/c1-2-16-7-17(6-12(16)18)13(19)10-3-8-9(14)4-15-5-11(8)20-10/h3-5H,2,6-7H2,1H3. The second-order valence-electron chi connectivity index (χ2n) is 4.54. The maximum atomic E-state index is 12.4. The van der Waals surface area contributed by atoms with Crippen LogP contribution in [0.3, 0.4) is 0 Å². The molecule has 1 aliphatic heterocycles. The van der Waals surface area contributed by atoms with E-state index in [-0.39, 0.29) is 18.4 Å². The second kappa shape index (κ2) is 5.03. The van der Waals surface area contributed by atoms with Crippen LogP contribution in [-0.4, -0.2) is 46.4 Å². The van der Waals surface area contributed by atoms with Crippen LogP contribution in [-0.2, 0) is 4.79 Å². The summed E-state index contributed by atoms with van der Waals surface area (Å²) < 4.78 is 0.874. The zero-order chi connectivity index (χ0) is 14.3. The molecule has 0 atom stereocenters. The van der Waals surface area contributed by atoms with E-state index in [2.05, 4.69) is 4.98 Å². The summed E-state index contributed by atoms with van der Waals surface area (Å²) in [6, 6.07) is 1.77. The molecule has 1 saturated heterocycles. The summed E-state index contributed by atoms with van der Waals surface area (Å²) in [6.07, 6.45) is 3.25. The van der Waals surface area contributed by atoms with Crippen LogP contribution in [0.25, 0.3) is 10.1 Å². The molecule has 0 unspecified atom stereocenters. The van der Waals surface area contributed by atoms with Crippen molar-refractivity contribution >= 4 is 44.8 Å². The van der Waals surface area contributed by atoms with Crippen LogP contribution in [0.4, 0.5) is 0 Å². The lowest BCUT2D eigenvalue weighted by molar-refractivity contribution is -0.126. The maximum Gasteiger partial charge on any atom is 0.265 e. The van der Waals surface area contributed by atoms with Gasteiger partial charge in [0.25, 0.3) is 5.91 Å². The van der Waals surface area contributed by atoms with Crippen LogP contribution >= 0.6 is 22.9 Å². The molecular formula is C13H12ClN3O2S. The van der Waals surface area contributed by atoms with Gasteiger partial charge in [-0.15, -0.1) is 11.3 Å². The molecule has 5 nitrogen and oxygen atoms in total. The van der Waals surface area contributed by atoms with E-state index in [0.717, 1.165) is 10.1 Å². The van der Waals surface area contributed by atoms with Gasteiger partial charge in [-0.25, -0.2) is 0 Å². The van der Waals surface area contributed by atoms with Crippen LogP contribution in [0, 0.1) is 0 Å². The zero-order valence-electron chi connectivity index (χ0n) is 10.8. The monoisotopic (exact) mass is 309 g/mol. The Morgan fingerprint density at radius 1 is 1.50 bits per heavy atom. The number of amides is 2. The number of fused-ring (bicyclic) bond motifs is 1. The quantitative estimate of drug-likeness (QED) is 0.854. The molecule has 0 saturated carbocycles. The lowest BCUT2D eigenvalue weighted by atomic mass is 10.3. The Balaban J connectivity index is 1.90. The van der Waals surface area contributed by atoms with E-state index in [4.69, 9.17) is 11.6 Å². The Labute approximate surface area is 124 Å². The molecular weight excluding hydrogens is 298 g/mol. The van der Waals surface area contributed by atoms with Gasteiger partial charge >= 0.3 is 0 Å². The molecule has 0 aromatic carbocycles. The number of aromatic nitrogens is 1. The van der Waals surface area contributed by atoms with E-state index in [0.29, 0.717) is 23.1 Å². The fraction of sp³-hybridized carbons (Fsp3) is 0.308. The highest BCUT2D eigenvalue weighted by molar-refractivity contribution is 7.20. The summed E-state index contributed by atoms with van der Waals surface area (Å²) >= 11 is 7.41. The minimum Gasteiger partial charge on any atom is -0.324 e. The normalized spacial score (nSPS) is 15.4. The van der Waals surface area contributed by atoms with Crippen LogP contribution in [0.1, 0.15) is 16.6 Å². The molecule has 20 heavy (non-hydrogen) atoms. The summed E-state index contributed by atoms with van der Waals surface area (Å²) in [4.78, 5) is 31.9. The Hall–Kier alpha value is -1.66. The molecule has 2 aromatic rings. The third-order valence-electron chi connectivity index (χ3n) is 3.30. The fourth-order valence-electron chi connectivity index (χ4n) is 2.20. The highest BCUT2D eigenvalue weighted by atomic mass is 35.5. The first-order valence-corrected chi connectivity index (χ1v) is 7.39. The van der Waals surface area contributed by atoms with Crippen molar-refractivity contribution in [1.82, 2.24) is 14.8 Å². The summed E-state index contributed by atoms with van der Waals surface area (Å²) in [5.74, 6) is -0.145. The molecule has 0 N–H and O–H groups in total. The predicted molar refractivity (Wildman–Crippen MR) is 77.9 cm³/mol. The Morgan fingerprint density at radius 2 is 2.30 bits per heavy atom. The Morgan fingerprint density at radius 3 is 2.95 bits per heavy atom. The molecule has 0 bridgehead atoms. The van der Waals surface area contributed by atoms with Crippen molar-refractivity contribution in [3.05, 3.63) is 28.4 Å². The smallest absolute Gasteiger partial charge is 0.265 e. The van der Waals surface area contributed by atoms with Gasteiger partial charge in [-0.2, -0.15) is 0 Å². The van der Waals surface area contributed by atoms with Crippen molar-refractivity contribution in [1.29, 1.82) is 0 Å². The van der Waals surface area contributed by atoms with Crippen LogP contribution in [0.5, 0.6) is 0 Å². The summed E-state index contributed by atoms with van der Waals surface area (Å²) in [5, 5.41) is 1.36. The van der Waals surface area contributed by atoms with Crippen LogP contribution < -0.4 is 0 Å². The van der Waals surface area contributed by atoms with E-state index in [9.17, 15) is 9.59 Å². The molecule has 7 heteroatoms. The summed E-state index contributed by atoms with van der Waals surface area (Å²) in [5.41, 5.74) is 0. The van der Waals surface area contributed by atoms with Gasteiger partial charge in [0.2, 0.25) is 5.91 Å². The fourth-order valence-corrected chi connectivity index (χ4v) is 3.49. The second-order valence-corrected chi connectivity index (χ2v) is 6.03. The summed E-state index contributed by atoms with van der Waals surface area (Å²) in [7, 11) is 0. The number of thiophene rings is 1. The van der Waals surface area contributed by atoms with Gasteiger partial charge in [-0.1, -0.05) is 11.6 Å². The van der Waals surface area contributed by atoms with Crippen molar-refractivity contribution in [2.24, 2.45) is 0 Å². The first-order valence-electron chi connectivity index (χ1n) is 6.20. The van der Waals surface area contributed by atoms with E-state index >= 15 is 0 Å². The van der Waals surface area contributed by atoms with Crippen molar-refractivity contribution in [2.75, 3.05) is 19.8 Å². The van der Waals surface area contributed by atoms with Gasteiger partial charge in [0.1, 0.15) is 6.54 Å². The lowest BCUT2D eigenvalue weighted by Gasteiger charge is -2.15. The number of carbonyl (C=O) groups excluding carboxylic acids is 2. The molecule has 0 spiro atoms. The average Bonchev–Trinajstić information content (AvgIpc) is 3.02. The molecule has 3 rings (SSSR count). The highest BCUT2D eigenvalue weighted by Gasteiger charge is 2.31. The number of hydrogen-bond acceptors (Lipinski definition) is 4. The van der Waals surface area contributed by atoms with Gasteiger partial charge in [0.15, 0.2) is 0 Å². The minimum atomic E-state index is -0.133. The largest absolute Gasteiger partial charge is 0.324 e. The van der Waals surface area contributed by atoms with Crippen molar-refractivity contribution < 1.29 is 9.59 Å². The van der Waals surface area contributed by atoms with E-state index in [1.807, 2.05) is 6.92 Å². The highest BCUT2D eigenvalue weighted by Crippen LogP contribution is 2.31. The molecule has 0 aliphatic carbocycles. The average molecular weight is 310 g/mol. The number of pyridine rings is 1. The number of halogens is 1. The number of nitrogens with zero attached hydrogens (tertiary/aromatic N) is 3. The van der Waals surface area contributed by atoms with Crippen molar-refractivity contribution in [3.63, 3.8) is 0 Å². The number of hydrogen-bond donors (Lipinski definition) is 0. The Kier molecular flexibility index (Phi) is 3.35. The van der Waals surface area contributed by atoms with Gasteiger partial charge in [-0.3, -0.25) is 14.6 Å². The first kappa shape index (κ1) is 13.3.